The Morgan fingerprint density at radius 1 is 1.31 bits per heavy atom. The fourth-order valence-corrected chi connectivity index (χ4v) is 3.53. The minimum atomic E-state index is 0. The first kappa shape index (κ1) is 24.0. The maximum atomic E-state index is 6.12. The fraction of sp³-hybridized carbons (Fsp3) is 0.474. The molecule has 0 aliphatic carbocycles. The summed E-state index contributed by atoms with van der Waals surface area (Å²) >= 11 is 12.2. The number of rotatable bonds is 5. The monoisotopic (exact) mass is 552 g/mol. The summed E-state index contributed by atoms with van der Waals surface area (Å²) in [4.78, 5) is 11.0. The molecule has 0 aromatic carbocycles. The SMILES string of the molecule is CN=C(NCc1ccnc(N2CCOC(C)C2)c1)NCc1cc(Cl)c(Cl)n1C.I. The lowest BCUT2D eigenvalue weighted by atomic mass is 10.2. The van der Waals surface area contributed by atoms with Gasteiger partial charge < -0.3 is 24.8 Å². The Labute approximate surface area is 198 Å². The smallest absolute Gasteiger partial charge is 0.191 e. The van der Waals surface area contributed by atoms with E-state index in [1.807, 2.05) is 29.9 Å². The average Bonchev–Trinajstić information content (AvgIpc) is 2.95. The lowest BCUT2D eigenvalue weighted by Crippen LogP contribution is -2.41. The average molecular weight is 553 g/mol. The standard InChI is InChI=1S/C19H26Cl2N6O.HI/c1-13-12-27(6-7-28-13)17-8-14(4-5-23-17)10-24-19(22-2)25-11-15-9-16(20)18(21)26(15)3;/h4-5,8-9,13H,6-7,10-12H2,1-3H3,(H2,22,24,25);1H. The number of halogens is 3. The minimum Gasteiger partial charge on any atom is -0.375 e. The summed E-state index contributed by atoms with van der Waals surface area (Å²) in [5.74, 6) is 1.68. The molecule has 0 bridgehead atoms. The molecule has 2 aromatic rings. The first-order valence-corrected chi connectivity index (χ1v) is 9.99. The predicted octanol–water partition coefficient (Wildman–Crippen LogP) is 3.44. The summed E-state index contributed by atoms with van der Waals surface area (Å²) in [5.41, 5.74) is 2.11. The molecular formula is C19H27Cl2IN6O. The lowest BCUT2D eigenvalue weighted by Gasteiger charge is -2.32. The van der Waals surface area contributed by atoms with Gasteiger partial charge in [-0.3, -0.25) is 4.99 Å². The Morgan fingerprint density at radius 2 is 2.07 bits per heavy atom. The number of aliphatic imine (C=N–C) groups is 1. The third-order valence-corrected chi connectivity index (χ3v) is 5.55. The highest BCUT2D eigenvalue weighted by atomic mass is 127. The van der Waals surface area contributed by atoms with Crippen LogP contribution in [0.2, 0.25) is 10.2 Å². The number of anilines is 1. The summed E-state index contributed by atoms with van der Waals surface area (Å²) in [6.07, 6.45) is 2.07. The van der Waals surface area contributed by atoms with Crippen molar-refractivity contribution in [3.63, 3.8) is 0 Å². The van der Waals surface area contributed by atoms with Crippen LogP contribution < -0.4 is 15.5 Å². The maximum absolute atomic E-state index is 6.12. The molecule has 1 unspecified atom stereocenters. The first-order chi connectivity index (χ1) is 13.5. The van der Waals surface area contributed by atoms with Crippen LogP contribution in [0.25, 0.3) is 0 Å². The highest BCUT2D eigenvalue weighted by molar-refractivity contribution is 14.0. The molecule has 3 rings (SSSR count). The second kappa shape index (κ2) is 11.2. The Morgan fingerprint density at radius 3 is 2.72 bits per heavy atom. The number of nitrogens with zero attached hydrogens (tertiary/aromatic N) is 4. The lowest BCUT2D eigenvalue weighted by molar-refractivity contribution is 0.0529. The van der Waals surface area contributed by atoms with Gasteiger partial charge in [0, 0.05) is 45.6 Å². The molecular weight excluding hydrogens is 526 g/mol. The maximum Gasteiger partial charge on any atom is 0.191 e. The summed E-state index contributed by atoms with van der Waals surface area (Å²) in [6.45, 7) is 5.74. The van der Waals surface area contributed by atoms with Crippen LogP contribution in [-0.4, -0.2) is 48.4 Å². The zero-order chi connectivity index (χ0) is 20.1. The topological polar surface area (TPSA) is 66.7 Å². The Bertz CT molecular complexity index is 844. The van der Waals surface area contributed by atoms with Gasteiger partial charge in [0.1, 0.15) is 11.0 Å². The van der Waals surface area contributed by atoms with E-state index in [0.717, 1.165) is 36.8 Å². The van der Waals surface area contributed by atoms with E-state index < -0.39 is 0 Å². The second-order valence-electron chi connectivity index (χ2n) is 6.76. The van der Waals surface area contributed by atoms with E-state index in [-0.39, 0.29) is 30.1 Å². The largest absolute Gasteiger partial charge is 0.375 e. The van der Waals surface area contributed by atoms with Crippen molar-refractivity contribution in [2.45, 2.75) is 26.1 Å². The van der Waals surface area contributed by atoms with Crippen molar-refractivity contribution in [1.29, 1.82) is 0 Å². The molecule has 0 spiro atoms. The first-order valence-electron chi connectivity index (χ1n) is 9.23. The van der Waals surface area contributed by atoms with Gasteiger partial charge in [0.25, 0.3) is 0 Å². The third-order valence-electron chi connectivity index (χ3n) is 4.71. The highest BCUT2D eigenvalue weighted by Crippen LogP contribution is 2.24. The van der Waals surface area contributed by atoms with Crippen LogP contribution in [-0.2, 0) is 24.9 Å². The fourth-order valence-electron chi connectivity index (χ4n) is 3.11. The molecule has 2 N–H and O–H groups in total. The Kier molecular flexibility index (Phi) is 9.32. The van der Waals surface area contributed by atoms with Crippen molar-refractivity contribution in [1.82, 2.24) is 20.2 Å². The van der Waals surface area contributed by atoms with Crippen LogP contribution >= 0.6 is 47.2 Å². The molecule has 10 heteroatoms. The Hall–Kier alpha value is -1.23. The number of pyridine rings is 1. The van der Waals surface area contributed by atoms with E-state index >= 15 is 0 Å². The number of nitrogens with one attached hydrogen (secondary N) is 2. The van der Waals surface area contributed by atoms with Crippen LogP contribution in [0.15, 0.2) is 29.4 Å². The van der Waals surface area contributed by atoms with Crippen molar-refractivity contribution >= 4 is 59.0 Å². The normalized spacial score (nSPS) is 17.1. The van der Waals surface area contributed by atoms with Crippen molar-refractivity contribution in [2.24, 2.45) is 12.0 Å². The van der Waals surface area contributed by atoms with E-state index in [4.69, 9.17) is 27.9 Å². The summed E-state index contributed by atoms with van der Waals surface area (Å²) in [7, 11) is 3.62. The molecule has 0 radical (unpaired) electrons. The van der Waals surface area contributed by atoms with Crippen LogP contribution in [0.1, 0.15) is 18.2 Å². The number of morpholine rings is 1. The predicted molar refractivity (Wildman–Crippen MR) is 130 cm³/mol. The van der Waals surface area contributed by atoms with E-state index in [1.54, 1.807) is 7.05 Å². The van der Waals surface area contributed by atoms with Gasteiger partial charge in [0.15, 0.2) is 5.96 Å². The second-order valence-corrected chi connectivity index (χ2v) is 7.53. The molecule has 1 saturated heterocycles. The molecule has 3 heterocycles. The molecule has 0 amide bonds. The molecule has 2 aromatic heterocycles. The van der Waals surface area contributed by atoms with Crippen LogP contribution in [0.4, 0.5) is 5.82 Å². The van der Waals surface area contributed by atoms with Gasteiger partial charge >= 0.3 is 0 Å². The van der Waals surface area contributed by atoms with Gasteiger partial charge in [0.2, 0.25) is 0 Å². The molecule has 7 nitrogen and oxygen atoms in total. The van der Waals surface area contributed by atoms with Gasteiger partial charge in [0.05, 0.1) is 24.3 Å². The van der Waals surface area contributed by atoms with Crippen LogP contribution in [0, 0.1) is 0 Å². The molecule has 1 aliphatic heterocycles. The van der Waals surface area contributed by atoms with Gasteiger partial charge in [-0.15, -0.1) is 24.0 Å². The molecule has 0 saturated carbocycles. The molecule has 160 valence electrons. The van der Waals surface area contributed by atoms with Crippen molar-refractivity contribution in [3.05, 3.63) is 45.8 Å². The summed E-state index contributed by atoms with van der Waals surface area (Å²) < 4.78 is 7.46. The number of hydrogen-bond acceptors (Lipinski definition) is 4. The molecule has 1 atom stereocenters. The van der Waals surface area contributed by atoms with E-state index in [0.29, 0.717) is 29.2 Å². The summed E-state index contributed by atoms with van der Waals surface area (Å²) in [6, 6.07) is 5.96. The quantitative estimate of drug-likeness (QED) is 0.338. The molecule has 1 fully saturated rings. The molecule has 29 heavy (non-hydrogen) atoms. The Balaban J connectivity index is 0.00000300. The zero-order valence-corrected chi connectivity index (χ0v) is 20.6. The van der Waals surface area contributed by atoms with E-state index in [9.17, 15) is 0 Å². The van der Waals surface area contributed by atoms with Gasteiger partial charge in [-0.25, -0.2) is 4.98 Å². The number of guanidine groups is 1. The number of hydrogen-bond donors (Lipinski definition) is 2. The summed E-state index contributed by atoms with van der Waals surface area (Å²) in [5, 5.41) is 7.69. The highest BCUT2D eigenvalue weighted by Gasteiger charge is 2.18. The van der Waals surface area contributed by atoms with Crippen LogP contribution in [0.3, 0.4) is 0 Å². The zero-order valence-electron chi connectivity index (χ0n) is 16.8. The van der Waals surface area contributed by atoms with Gasteiger partial charge in [-0.05, 0) is 30.7 Å². The van der Waals surface area contributed by atoms with Crippen molar-refractivity contribution in [2.75, 3.05) is 31.6 Å². The van der Waals surface area contributed by atoms with Crippen molar-refractivity contribution in [3.8, 4) is 0 Å². The van der Waals surface area contributed by atoms with E-state index in [1.165, 1.54) is 0 Å². The van der Waals surface area contributed by atoms with Gasteiger partial charge in [-0.2, -0.15) is 0 Å². The third kappa shape index (κ3) is 6.37. The van der Waals surface area contributed by atoms with Gasteiger partial charge in [-0.1, -0.05) is 23.2 Å². The van der Waals surface area contributed by atoms with Crippen molar-refractivity contribution < 1.29 is 4.74 Å². The van der Waals surface area contributed by atoms with E-state index in [2.05, 4.69) is 38.5 Å². The van der Waals surface area contributed by atoms with Crippen LogP contribution in [0.5, 0.6) is 0 Å². The molecule has 1 aliphatic rings. The number of aromatic nitrogens is 2. The number of ether oxygens (including phenoxy) is 1. The minimum absolute atomic E-state index is 0.